The summed E-state index contributed by atoms with van der Waals surface area (Å²) < 4.78 is 19.3. The number of para-hydroxylation sites is 1. The second kappa shape index (κ2) is 8.59. The number of ether oxygens (including phenoxy) is 1. The Bertz CT molecular complexity index is 933. The van der Waals surface area contributed by atoms with E-state index < -0.39 is 17.2 Å². The van der Waals surface area contributed by atoms with Crippen LogP contribution in [0.3, 0.4) is 0 Å². The third kappa shape index (κ3) is 4.33. The molecule has 1 aliphatic heterocycles. The summed E-state index contributed by atoms with van der Waals surface area (Å²) >= 11 is 0. The molecule has 1 aromatic carbocycles. The molecule has 8 heteroatoms. The number of morpholine rings is 1. The van der Waals surface area contributed by atoms with Crippen LogP contribution in [0.1, 0.15) is 42.6 Å². The number of benzene rings is 1. The first-order chi connectivity index (χ1) is 14.1. The van der Waals surface area contributed by atoms with Crippen molar-refractivity contribution in [2.24, 2.45) is 5.41 Å². The van der Waals surface area contributed by atoms with Gasteiger partial charge in [-0.2, -0.15) is 5.10 Å². The van der Waals surface area contributed by atoms with E-state index in [1.165, 1.54) is 24.6 Å². The lowest BCUT2D eigenvalue weighted by atomic mass is 9.73. The molecule has 0 bridgehead atoms. The van der Waals surface area contributed by atoms with Crippen LogP contribution in [0.4, 0.5) is 4.39 Å². The zero-order valence-corrected chi connectivity index (χ0v) is 16.5. The molecule has 0 atom stereocenters. The number of rotatable bonds is 5. The number of hydrogen-bond acceptors (Lipinski definition) is 5. The van der Waals surface area contributed by atoms with Crippen molar-refractivity contribution in [2.75, 3.05) is 39.4 Å². The Morgan fingerprint density at radius 2 is 2.00 bits per heavy atom. The van der Waals surface area contributed by atoms with Crippen molar-refractivity contribution in [3.05, 3.63) is 39.9 Å². The number of aromatic nitrogens is 2. The quantitative estimate of drug-likeness (QED) is 0.800. The highest BCUT2D eigenvalue weighted by Gasteiger charge is 2.35. The van der Waals surface area contributed by atoms with Crippen LogP contribution in [-0.4, -0.2) is 60.4 Å². The number of amides is 1. The van der Waals surface area contributed by atoms with Crippen LogP contribution in [0.5, 0.6) is 0 Å². The highest BCUT2D eigenvalue weighted by atomic mass is 19.1. The summed E-state index contributed by atoms with van der Waals surface area (Å²) in [5, 5.41) is 9.44. The van der Waals surface area contributed by atoms with E-state index in [4.69, 9.17) is 4.74 Å². The minimum Gasteiger partial charge on any atom is -0.379 e. The largest absolute Gasteiger partial charge is 0.379 e. The van der Waals surface area contributed by atoms with Gasteiger partial charge in [0.15, 0.2) is 5.69 Å². The Hall–Kier alpha value is -2.32. The number of nitrogens with one attached hydrogen (secondary N) is 2. The van der Waals surface area contributed by atoms with E-state index in [9.17, 15) is 14.0 Å². The fourth-order valence-corrected chi connectivity index (χ4v) is 4.55. The number of hydrogen-bond donors (Lipinski definition) is 2. The first kappa shape index (κ1) is 20.0. The predicted molar refractivity (Wildman–Crippen MR) is 107 cm³/mol. The van der Waals surface area contributed by atoms with Crippen LogP contribution >= 0.6 is 0 Å². The molecule has 7 nitrogen and oxygen atoms in total. The summed E-state index contributed by atoms with van der Waals surface area (Å²) in [5.74, 6) is -1.07. The van der Waals surface area contributed by atoms with Gasteiger partial charge in [0, 0.05) is 31.6 Å². The molecule has 0 unspecified atom stereocenters. The van der Waals surface area contributed by atoms with Gasteiger partial charge in [-0.3, -0.25) is 19.6 Å². The maximum Gasteiger partial charge on any atom is 0.275 e. The number of fused-ring (bicyclic) bond motifs is 1. The third-order valence-corrected chi connectivity index (χ3v) is 6.17. The lowest BCUT2D eigenvalue weighted by Crippen LogP contribution is -2.49. The number of halogens is 1. The number of aromatic amines is 1. The van der Waals surface area contributed by atoms with Crippen LogP contribution in [0.25, 0.3) is 10.9 Å². The lowest BCUT2D eigenvalue weighted by Gasteiger charge is -2.42. The first-order valence-electron chi connectivity index (χ1n) is 10.3. The maximum atomic E-state index is 13.8. The molecule has 2 heterocycles. The summed E-state index contributed by atoms with van der Waals surface area (Å²) in [5.41, 5.74) is -0.756. The average molecular weight is 402 g/mol. The fraction of sp³-hybridized carbons (Fsp3) is 0.571. The van der Waals surface area contributed by atoms with Crippen LogP contribution < -0.4 is 10.7 Å². The molecule has 1 aliphatic carbocycles. The van der Waals surface area contributed by atoms with Gasteiger partial charge in [-0.1, -0.05) is 25.3 Å². The monoisotopic (exact) mass is 402 g/mol. The SMILES string of the molecule is O=C(NCC1(CN2CCOCC2)CCCCC1)c1n[nH]c2c(F)cccc2c1=O. The third-order valence-electron chi connectivity index (χ3n) is 6.17. The van der Waals surface area contributed by atoms with Crippen molar-refractivity contribution in [1.29, 1.82) is 0 Å². The van der Waals surface area contributed by atoms with Crippen molar-refractivity contribution in [3.63, 3.8) is 0 Å². The smallest absolute Gasteiger partial charge is 0.275 e. The molecular formula is C21H27FN4O3. The van der Waals surface area contributed by atoms with Crippen LogP contribution in [0.2, 0.25) is 0 Å². The van der Waals surface area contributed by atoms with Crippen LogP contribution in [-0.2, 0) is 4.74 Å². The van der Waals surface area contributed by atoms with E-state index in [0.29, 0.717) is 6.54 Å². The minimum absolute atomic E-state index is 0.000961. The zero-order chi connectivity index (χ0) is 20.3. The van der Waals surface area contributed by atoms with Crippen molar-refractivity contribution < 1.29 is 13.9 Å². The molecule has 29 heavy (non-hydrogen) atoms. The predicted octanol–water partition coefficient (Wildman–Crippen LogP) is 2.07. The van der Waals surface area contributed by atoms with E-state index in [2.05, 4.69) is 20.4 Å². The Morgan fingerprint density at radius 1 is 1.24 bits per heavy atom. The molecule has 2 fully saturated rings. The molecule has 0 radical (unpaired) electrons. The molecule has 1 saturated heterocycles. The highest BCUT2D eigenvalue weighted by Crippen LogP contribution is 2.36. The van der Waals surface area contributed by atoms with Gasteiger partial charge < -0.3 is 10.1 Å². The van der Waals surface area contributed by atoms with Crippen molar-refractivity contribution >= 4 is 16.8 Å². The van der Waals surface area contributed by atoms with Crippen LogP contribution in [0.15, 0.2) is 23.0 Å². The van der Waals surface area contributed by atoms with Gasteiger partial charge in [0.1, 0.15) is 11.3 Å². The van der Waals surface area contributed by atoms with Gasteiger partial charge in [0.05, 0.1) is 18.6 Å². The van der Waals surface area contributed by atoms with Crippen molar-refractivity contribution in [1.82, 2.24) is 20.4 Å². The second-order valence-electron chi connectivity index (χ2n) is 8.20. The van der Waals surface area contributed by atoms with E-state index in [-0.39, 0.29) is 22.0 Å². The van der Waals surface area contributed by atoms with E-state index in [1.807, 2.05) is 0 Å². The van der Waals surface area contributed by atoms with Gasteiger partial charge in [-0.15, -0.1) is 0 Å². The Labute approximate surface area is 168 Å². The second-order valence-corrected chi connectivity index (χ2v) is 8.20. The average Bonchev–Trinajstić information content (AvgIpc) is 2.74. The lowest BCUT2D eigenvalue weighted by molar-refractivity contribution is 0.00726. The van der Waals surface area contributed by atoms with Gasteiger partial charge >= 0.3 is 0 Å². The van der Waals surface area contributed by atoms with E-state index in [0.717, 1.165) is 58.5 Å². The molecule has 1 aromatic heterocycles. The minimum atomic E-state index is -0.564. The summed E-state index contributed by atoms with van der Waals surface area (Å²) in [6, 6.07) is 4.20. The normalized spacial score (nSPS) is 19.9. The van der Waals surface area contributed by atoms with E-state index in [1.54, 1.807) is 0 Å². The summed E-state index contributed by atoms with van der Waals surface area (Å²) in [6.45, 7) is 4.74. The van der Waals surface area contributed by atoms with Gasteiger partial charge in [0.2, 0.25) is 5.43 Å². The zero-order valence-electron chi connectivity index (χ0n) is 16.5. The standard InChI is InChI=1S/C21H27FN4O3/c22-16-6-4-5-15-17(16)24-25-18(19(15)27)20(28)23-13-21(7-2-1-3-8-21)14-26-9-11-29-12-10-26/h4-6H,1-3,7-14H2,(H,23,28)(H,24,27). The number of carbonyl (C=O) groups is 1. The Balaban J connectivity index is 1.50. The Morgan fingerprint density at radius 3 is 2.76 bits per heavy atom. The molecule has 156 valence electrons. The van der Waals surface area contributed by atoms with Crippen molar-refractivity contribution in [3.8, 4) is 0 Å². The molecule has 4 rings (SSSR count). The molecular weight excluding hydrogens is 375 g/mol. The first-order valence-corrected chi connectivity index (χ1v) is 10.3. The fourth-order valence-electron chi connectivity index (χ4n) is 4.55. The maximum absolute atomic E-state index is 13.8. The van der Waals surface area contributed by atoms with Gasteiger partial charge in [-0.25, -0.2) is 4.39 Å². The Kier molecular flexibility index (Phi) is 5.91. The molecule has 2 N–H and O–H groups in total. The van der Waals surface area contributed by atoms with Gasteiger partial charge in [0.25, 0.3) is 5.91 Å². The summed E-state index contributed by atoms with van der Waals surface area (Å²) in [6.07, 6.45) is 5.62. The summed E-state index contributed by atoms with van der Waals surface area (Å²) in [4.78, 5) is 27.8. The number of nitrogens with zero attached hydrogens (tertiary/aromatic N) is 2. The number of H-pyrrole nitrogens is 1. The molecule has 2 aromatic rings. The molecule has 1 saturated carbocycles. The summed E-state index contributed by atoms with van der Waals surface area (Å²) in [7, 11) is 0. The van der Waals surface area contributed by atoms with Crippen molar-refractivity contribution in [2.45, 2.75) is 32.1 Å². The molecule has 0 spiro atoms. The number of carbonyl (C=O) groups excluding carboxylic acids is 1. The topological polar surface area (TPSA) is 87.3 Å². The molecule has 1 amide bonds. The highest BCUT2D eigenvalue weighted by molar-refractivity contribution is 5.95. The van der Waals surface area contributed by atoms with Gasteiger partial charge in [-0.05, 0) is 25.0 Å². The van der Waals surface area contributed by atoms with Crippen LogP contribution in [0, 0.1) is 11.2 Å². The molecule has 2 aliphatic rings. The van der Waals surface area contributed by atoms with E-state index >= 15 is 0 Å².